The van der Waals surface area contributed by atoms with E-state index in [0.717, 1.165) is 11.1 Å². The fourth-order valence-corrected chi connectivity index (χ4v) is 4.25. The van der Waals surface area contributed by atoms with Crippen LogP contribution < -0.4 is 25.0 Å². The maximum Gasteiger partial charge on any atom is 0.257 e. The molecule has 1 amide bonds. The van der Waals surface area contributed by atoms with Crippen molar-refractivity contribution in [1.29, 1.82) is 0 Å². The van der Waals surface area contributed by atoms with E-state index < -0.39 is 0 Å². The van der Waals surface area contributed by atoms with E-state index >= 15 is 0 Å². The summed E-state index contributed by atoms with van der Waals surface area (Å²) in [6.45, 7) is 5.97. The van der Waals surface area contributed by atoms with Crippen LogP contribution in [0.5, 0.6) is 11.5 Å². The second-order valence-corrected chi connectivity index (χ2v) is 7.96. The number of carbonyl (C=O) groups excluding carboxylic acids is 1. The van der Waals surface area contributed by atoms with Gasteiger partial charge in [0.2, 0.25) is 11.9 Å². The zero-order valence-corrected chi connectivity index (χ0v) is 18.9. The van der Waals surface area contributed by atoms with Crippen molar-refractivity contribution >= 4 is 34.5 Å². The number of piperazine rings is 1. The molecule has 5 rings (SSSR count). The number of ether oxygens (including phenoxy) is 2. The zero-order valence-electron chi connectivity index (χ0n) is 18.9. The van der Waals surface area contributed by atoms with E-state index in [-0.39, 0.29) is 5.91 Å². The minimum absolute atomic E-state index is 0.00385. The van der Waals surface area contributed by atoms with Gasteiger partial charge in [0.25, 0.3) is 5.91 Å². The van der Waals surface area contributed by atoms with Gasteiger partial charge in [0.1, 0.15) is 5.82 Å². The normalized spacial score (nSPS) is 15.8. The van der Waals surface area contributed by atoms with Gasteiger partial charge in [-0.15, -0.1) is 0 Å². The number of nitrogen functional groups attached to an aromatic ring is 1. The molecule has 2 aromatic heterocycles. The summed E-state index contributed by atoms with van der Waals surface area (Å²) in [5.74, 6) is 2.79. The molecule has 172 valence electrons. The monoisotopic (exact) mass is 450 g/mol. The molecule has 0 bridgehead atoms. The van der Waals surface area contributed by atoms with E-state index in [4.69, 9.17) is 20.2 Å². The summed E-state index contributed by atoms with van der Waals surface area (Å²) in [7, 11) is 3.17. The van der Waals surface area contributed by atoms with Gasteiger partial charge >= 0.3 is 0 Å². The van der Waals surface area contributed by atoms with Crippen LogP contribution in [0.1, 0.15) is 23.0 Å². The topological polar surface area (TPSA) is 123 Å². The second kappa shape index (κ2) is 8.23. The minimum atomic E-state index is 0.00385. The van der Waals surface area contributed by atoms with Gasteiger partial charge in [-0.3, -0.25) is 4.79 Å². The van der Waals surface area contributed by atoms with E-state index in [1.165, 1.54) is 0 Å². The first kappa shape index (κ1) is 21.0. The van der Waals surface area contributed by atoms with Crippen molar-refractivity contribution in [2.24, 2.45) is 0 Å². The van der Waals surface area contributed by atoms with E-state index in [2.05, 4.69) is 24.8 Å². The van der Waals surface area contributed by atoms with Crippen LogP contribution in [0.15, 0.2) is 18.3 Å². The Bertz CT molecular complexity index is 1230. The summed E-state index contributed by atoms with van der Waals surface area (Å²) in [6.07, 6.45) is 1.65. The number of benzene rings is 1. The molecule has 2 aliphatic rings. The Morgan fingerprint density at radius 1 is 0.970 bits per heavy atom. The van der Waals surface area contributed by atoms with Crippen molar-refractivity contribution < 1.29 is 14.3 Å². The van der Waals surface area contributed by atoms with E-state index in [1.54, 1.807) is 31.4 Å². The zero-order chi connectivity index (χ0) is 23.1. The van der Waals surface area contributed by atoms with Crippen LogP contribution in [0, 0.1) is 0 Å². The van der Waals surface area contributed by atoms with Gasteiger partial charge in [-0.2, -0.15) is 4.98 Å². The van der Waals surface area contributed by atoms with Crippen molar-refractivity contribution in [3.63, 3.8) is 0 Å². The quantitative estimate of drug-likeness (QED) is 0.609. The minimum Gasteiger partial charge on any atom is -0.493 e. The van der Waals surface area contributed by atoms with E-state index in [9.17, 15) is 4.79 Å². The van der Waals surface area contributed by atoms with E-state index in [1.807, 2.05) is 13.0 Å². The molecule has 3 aromatic rings. The van der Waals surface area contributed by atoms with Gasteiger partial charge in [0.05, 0.1) is 37.5 Å². The summed E-state index contributed by atoms with van der Waals surface area (Å²) in [6, 6.07) is 3.60. The van der Waals surface area contributed by atoms with Gasteiger partial charge < -0.3 is 29.9 Å². The number of amides is 1. The number of hydrogen-bond acceptors (Lipinski definition) is 10. The van der Waals surface area contributed by atoms with Crippen molar-refractivity contribution in [2.75, 3.05) is 62.5 Å². The van der Waals surface area contributed by atoms with Gasteiger partial charge in [0.15, 0.2) is 11.5 Å². The van der Waals surface area contributed by atoms with Crippen LogP contribution in [0.25, 0.3) is 10.9 Å². The Morgan fingerprint density at radius 3 is 2.30 bits per heavy atom. The van der Waals surface area contributed by atoms with E-state index in [0.29, 0.717) is 79.6 Å². The largest absolute Gasteiger partial charge is 0.493 e. The Balaban J connectivity index is 1.34. The first-order valence-electron chi connectivity index (χ1n) is 10.9. The van der Waals surface area contributed by atoms with Crippen molar-refractivity contribution in [1.82, 2.24) is 24.8 Å². The first-order valence-corrected chi connectivity index (χ1v) is 10.9. The highest BCUT2D eigenvalue weighted by Gasteiger charge is 2.30. The molecule has 1 fully saturated rings. The average molecular weight is 451 g/mol. The highest BCUT2D eigenvalue weighted by atomic mass is 16.5. The first-order chi connectivity index (χ1) is 16.0. The maximum atomic E-state index is 12.3. The number of nitrogens with two attached hydrogens (primary N) is 1. The number of hydrogen-bond donors (Lipinski definition) is 1. The Labute approximate surface area is 191 Å². The molecule has 11 heteroatoms. The number of methoxy groups -OCH3 is 2. The molecule has 0 saturated carbocycles. The molecule has 4 heterocycles. The number of rotatable bonds is 5. The van der Waals surface area contributed by atoms with Crippen LogP contribution in [-0.4, -0.2) is 77.7 Å². The lowest BCUT2D eigenvalue weighted by molar-refractivity contribution is 0.0786. The molecule has 1 saturated heterocycles. The molecule has 0 unspecified atom stereocenters. The SMILES string of the molecule is CCN1Cc2nc(N3CCN(c4nc(N)c5cc(OC)c(OC)cc5n4)CC3)ncc2C1=O. The molecule has 0 atom stereocenters. The van der Waals surface area contributed by atoms with Crippen molar-refractivity contribution in [3.8, 4) is 11.5 Å². The van der Waals surface area contributed by atoms with Gasteiger partial charge in [-0.1, -0.05) is 0 Å². The summed E-state index contributed by atoms with van der Waals surface area (Å²) in [4.78, 5) is 36.7. The molecule has 0 radical (unpaired) electrons. The highest BCUT2D eigenvalue weighted by molar-refractivity contribution is 5.97. The molecular formula is C22H26N8O3. The smallest absolute Gasteiger partial charge is 0.257 e. The summed E-state index contributed by atoms with van der Waals surface area (Å²) in [5.41, 5.74) is 8.34. The lowest BCUT2D eigenvalue weighted by Gasteiger charge is -2.34. The van der Waals surface area contributed by atoms with Crippen molar-refractivity contribution in [3.05, 3.63) is 29.6 Å². The summed E-state index contributed by atoms with van der Waals surface area (Å²) >= 11 is 0. The van der Waals surface area contributed by atoms with Gasteiger partial charge in [0, 0.05) is 50.4 Å². The summed E-state index contributed by atoms with van der Waals surface area (Å²) < 4.78 is 10.8. The van der Waals surface area contributed by atoms with Crippen LogP contribution in [0.3, 0.4) is 0 Å². The van der Waals surface area contributed by atoms with Gasteiger partial charge in [-0.05, 0) is 13.0 Å². The molecule has 33 heavy (non-hydrogen) atoms. The standard InChI is InChI=1S/C22H26N8O3/c1-4-28-12-16-14(20(28)31)11-24-21(26-16)29-5-7-30(8-6-29)22-25-15-10-18(33-3)17(32-2)9-13(15)19(23)27-22/h9-11H,4-8,12H2,1-3H3,(H2,23,25,27). The molecule has 0 aliphatic carbocycles. The number of anilines is 3. The number of aromatic nitrogens is 4. The molecule has 0 spiro atoms. The number of nitrogens with zero attached hydrogens (tertiary/aromatic N) is 7. The average Bonchev–Trinajstić information content (AvgIpc) is 3.18. The molecular weight excluding hydrogens is 424 g/mol. The van der Waals surface area contributed by atoms with Crippen molar-refractivity contribution in [2.45, 2.75) is 13.5 Å². The van der Waals surface area contributed by atoms with Crippen LogP contribution in [-0.2, 0) is 6.54 Å². The molecule has 1 aromatic carbocycles. The molecule has 2 N–H and O–H groups in total. The third-order valence-electron chi connectivity index (χ3n) is 6.16. The fraction of sp³-hybridized carbons (Fsp3) is 0.409. The van der Waals surface area contributed by atoms with Gasteiger partial charge in [-0.25, -0.2) is 15.0 Å². The third kappa shape index (κ3) is 3.59. The predicted octanol–water partition coefficient (Wildman–Crippen LogP) is 1.32. The predicted molar refractivity (Wildman–Crippen MR) is 124 cm³/mol. The highest BCUT2D eigenvalue weighted by Crippen LogP contribution is 2.34. The van der Waals surface area contributed by atoms with Crippen LogP contribution in [0.4, 0.5) is 17.7 Å². The Morgan fingerprint density at radius 2 is 1.64 bits per heavy atom. The fourth-order valence-electron chi connectivity index (χ4n) is 4.25. The second-order valence-electron chi connectivity index (χ2n) is 7.96. The molecule has 11 nitrogen and oxygen atoms in total. The van der Waals surface area contributed by atoms with Crippen LogP contribution in [0.2, 0.25) is 0 Å². The van der Waals surface area contributed by atoms with Crippen LogP contribution >= 0.6 is 0 Å². The number of fused-ring (bicyclic) bond motifs is 2. The lowest BCUT2D eigenvalue weighted by Crippen LogP contribution is -2.47. The maximum absolute atomic E-state index is 12.3. The summed E-state index contributed by atoms with van der Waals surface area (Å²) in [5, 5.41) is 0.720. The Hall–Kier alpha value is -3.89. The Kier molecular flexibility index (Phi) is 5.23. The number of carbonyl (C=O) groups is 1. The molecule has 2 aliphatic heterocycles. The third-order valence-corrected chi connectivity index (χ3v) is 6.16. The lowest BCUT2D eigenvalue weighted by atomic mass is 10.2.